The van der Waals surface area contributed by atoms with Crippen molar-refractivity contribution in [2.24, 2.45) is 5.92 Å². The highest BCUT2D eigenvalue weighted by atomic mass is 19.1. The first-order chi connectivity index (χ1) is 8.54. The van der Waals surface area contributed by atoms with Crippen LogP contribution in [0, 0.1) is 17.6 Å². The van der Waals surface area contributed by atoms with Crippen LogP contribution in [-0.2, 0) is 0 Å². The van der Waals surface area contributed by atoms with Gasteiger partial charge in [-0.25, -0.2) is 13.8 Å². The molecule has 0 amide bonds. The van der Waals surface area contributed by atoms with Gasteiger partial charge in [0.2, 0.25) is 0 Å². The largest absolute Gasteiger partial charge is 0.371 e. The van der Waals surface area contributed by atoms with Gasteiger partial charge in [-0.15, -0.1) is 0 Å². The lowest BCUT2D eigenvalue weighted by Crippen LogP contribution is -2.34. The van der Waals surface area contributed by atoms with Crippen molar-refractivity contribution in [3.8, 4) is 0 Å². The smallest absolute Gasteiger partial charge is 0.168 e. The molecule has 100 valence electrons. The van der Waals surface area contributed by atoms with Crippen molar-refractivity contribution in [2.75, 3.05) is 23.8 Å². The van der Waals surface area contributed by atoms with Crippen LogP contribution in [0.1, 0.15) is 26.7 Å². The van der Waals surface area contributed by atoms with Gasteiger partial charge in [-0.2, -0.15) is 0 Å². The Bertz CT molecular complexity index is 434. The number of nitrogens with one attached hydrogen (secondary N) is 1. The zero-order valence-electron chi connectivity index (χ0n) is 11.0. The highest BCUT2D eigenvalue weighted by molar-refractivity contribution is 5.50. The van der Waals surface area contributed by atoms with Crippen LogP contribution in [0.15, 0.2) is 6.07 Å². The Hall–Kier alpha value is -1.39. The van der Waals surface area contributed by atoms with Crippen LogP contribution in [0.25, 0.3) is 0 Å². The summed E-state index contributed by atoms with van der Waals surface area (Å²) in [6.07, 6.45) is 2.06. The molecule has 3 nitrogen and oxygen atoms in total. The average molecular weight is 255 g/mol. The van der Waals surface area contributed by atoms with Gasteiger partial charge in [-0.05, 0) is 18.8 Å². The average Bonchev–Trinajstić information content (AvgIpc) is 2.78. The molecule has 5 heteroatoms. The number of pyridine rings is 1. The molecule has 0 aliphatic carbocycles. The maximum absolute atomic E-state index is 13.9. The summed E-state index contributed by atoms with van der Waals surface area (Å²) in [5.41, 5.74) is 0. The number of hydrogen-bond acceptors (Lipinski definition) is 3. The van der Waals surface area contributed by atoms with Crippen molar-refractivity contribution >= 4 is 11.6 Å². The molecular formula is C13H19F2N3. The predicted octanol–water partition coefficient (Wildman–Crippen LogP) is 3.03. The van der Waals surface area contributed by atoms with Crippen molar-refractivity contribution in [3.05, 3.63) is 17.7 Å². The molecule has 0 bridgehead atoms. The van der Waals surface area contributed by atoms with E-state index in [0.29, 0.717) is 5.92 Å². The third kappa shape index (κ3) is 2.26. The van der Waals surface area contributed by atoms with Gasteiger partial charge in [0, 0.05) is 25.7 Å². The lowest BCUT2D eigenvalue weighted by atomic mass is 10.0. The first-order valence-electron chi connectivity index (χ1n) is 6.35. The molecule has 1 aliphatic rings. The maximum Gasteiger partial charge on any atom is 0.168 e. The molecule has 2 rings (SSSR count). The van der Waals surface area contributed by atoms with Crippen LogP contribution < -0.4 is 10.2 Å². The fourth-order valence-electron chi connectivity index (χ4n) is 2.58. The van der Waals surface area contributed by atoms with Gasteiger partial charge in [-0.1, -0.05) is 13.8 Å². The van der Waals surface area contributed by atoms with E-state index >= 15 is 0 Å². The summed E-state index contributed by atoms with van der Waals surface area (Å²) in [6, 6.07) is 1.19. The Kier molecular flexibility index (Phi) is 3.68. The molecule has 1 unspecified atom stereocenters. The van der Waals surface area contributed by atoms with Gasteiger partial charge >= 0.3 is 0 Å². The SMILES string of the molecule is CNc1nc(N2CCCC2C(C)C)c(F)cc1F. The zero-order chi connectivity index (χ0) is 13.3. The molecule has 0 spiro atoms. The lowest BCUT2D eigenvalue weighted by Gasteiger charge is -2.29. The number of rotatable bonds is 3. The molecule has 1 aliphatic heterocycles. The summed E-state index contributed by atoms with van der Waals surface area (Å²) < 4.78 is 27.3. The van der Waals surface area contributed by atoms with Crippen LogP contribution in [-0.4, -0.2) is 24.6 Å². The van der Waals surface area contributed by atoms with E-state index in [0.717, 1.165) is 25.5 Å². The minimum Gasteiger partial charge on any atom is -0.371 e. The number of halogens is 2. The Balaban J connectivity index is 2.38. The molecule has 1 aromatic rings. The molecule has 1 N–H and O–H groups in total. The first kappa shape index (κ1) is 13.1. The molecular weight excluding hydrogens is 236 g/mol. The standard InChI is InChI=1S/C13H19F2N3/c1-8(2)11-5-4-6-18(11)13-10(15)7-9(14)12(16-3)17-13/h7-8,11H,4-6H2,1-3H3,(H,16,17). The second-order valence-corrected chi connectivity index (χ2v) is 5.02. The Morgan fingerprint density at radius 1 is 1.39 bits per heavy atom. The van der Waals surface area contributed by atoms with E-state index in [2.05, 4.69) is 24.1 Å². The van der Waals surface area contributed by atoms with E-state index in [9.17, 15) is 8.78 Å². The van der Waals surface area contributed by atoms with Gasteiger partial charge in [0.05, 0.1) is 0 Å². The predicted molar refractivity (Wildman–Crippen MR) is 68.9 cm³/mol. The second kappa shape index (κ2) is 5.08. The van der Waals surface area contributed by atoms with Crippen LogP contribution in [0.4, 0.5) is 20.4 Å². The van der Waals surface area contributed by atoms with Gasteiger partial charge in [-0.3, -0.25) is 0 Å². The van der Waals surface area contributed by atoms with Crippen molar-refractivity contribution < 1.29 is 8.78 Å². The summed E-state index contributed by atoms with van der Waals surface area (Å²) in [5, 5.41) is 2.65. The number of hydrogen-bond donors (Lipinski definition) is 1. The van der Waals surface area contributed by atoms with E-state index < -0.39 is 11.6 Å². The van der Waals surface area contributed by atoms with Crippen molar-refractivity contribution in [1.29, 1.82) is 0 Å². The highest BCUT2D eigenvalue weighted by Gasteiger charge is 2.30. The second-order valence-electron chi connectivity index (χ2n) is 5.02. The molecule has 0 radical (unpaired) electrons. The highest BCUT2D eigenvalue weighted by Crippen LogP contribution is 2.31. The third-order valence-corrected chi connectivity index (χ3v) is 3.49. The summed E-state index contributed by atoms with van der Waals surface area (Å²) in [7, 11) is 1.58. The normalized spacial score (nSPS) is 19.7. The molecule has 1 atom stereocenters. The van der Waals surface area contributed by atoms with Crippen LogP contribution in [0.2, 0.25) is 0 Å². The summed E-state index contributed by atoms with van der Waals surface area (Å²) in [4.78, 5) is 6.03. The Morgan fingerprint density at radius 2 is 2.11 bits per heavy atom. The molecule has 1 fully saturated rings. The van der Waals surface area contributed by atoms with Crippen molar-refractivity contribution in [1.82, 2.24) is 4.98 Å². The van der Waals surface area contributed by atoms with Gasteiger partial charge in [0.1, 0.15) is 0 Å². The molecule has 1 aromatic heterocycles. The van der Waals surface area contributed by atoms with E-state index in [-0.39, 0.29) is 17.7 Å². The minimum atomic E-state index is -0.654. The monoisotopic (exact) mass is 255 g/mol. The summed E-state index contributed by atoms with van der Waals surface area (Å²) >= 11 is 0. The van der Waals surface area contributed by atoms with Crippen molar-refractivity contribution in [3.63, 3.8) is 0 Å². The fourth-order valence-corrected chi connectivity index (χ4v) is 2.58. The fraction of sp³-hybridized carbons (Fsp3) is 0.615. The third-order valence-electron chi connectivity index (χ3n) is 3.49. The maximum atomic E-state index is 13.9. The summed E-state index contributed by atoms with van der Waals surface area (Å²) in [6.45, 7) is 5.01. The van der Waals surface area contributed by atoms with E-state index in [1.54, 1.807) is 7.05 Å². The number of aromatic nitrogens is 1. The molecule has 18 heavy (non-hydrogen) atoms. The number of nitrogens with zero attached hydrogens (tertiary/aromatic N) is 2. The molecule has 1 saturated heterocycles. The van der Waals surface area contributed by atoms with E-state index in [1.807, 2.05) is 4.90 Å². The van der Waals surface area contributed by atoms with Crippen LogP contribution in [0.5, 0.6) is 0 Å². The number of anilines is 2. The first-order valence-corrected chi connectivity index (χ1v) is 6.35. The topological polar surface area (TPSA) is 28.2 Å². The molecule has 0 aromatic carbocycles. The Morgan fingerprint density at radius 3 is 2.72 bits per heavy atom. The van der Waals surface area contributed by atoms with Crippen molar-refractivity contribution in [2.45, 2.75) is 32.7 Å². The van der Waals surface area contributed by atoms with E-state index in [1.165, 1.54) is 0 Å². The van der Waals surface area contributed by atoms with Gasteiger partial charge < -0.3 is 10.2 Å². The zero-order valence-corrected chi connectivity index (χ0v) is 11.0. The summed E-state index contributed by atoms with van der Waals surface area (Å²) in [5.74, 6) is -0.451. The van der Waals surface area contributed by atoms with Gasteiger partial charge in [0.25, 0.3) is 0 Å². The van der Waals surface area contributed by atoms with Crippen LogP contribution in [0.3, 0.4) is 0 Å². The van der Waals surface area contributed by atoms with Crippen LogP contribution >= 0.6 is 0 Å². The van der Waals surface area contributed by atoms with Gasteiger partial charge in [0.15, 0.2) is 23.3 Å². The quantitative estimate of drug-likeness (QED) is 0.899. The Labute approximate surface area is 106 Å². The van der Waals surface area contributed by atoms with E-state index in [4.69, 9.17) is 0 Å². The molecule has 0 saturated carbocycles. The minimum absolute atomic E-state index is 0.0980. The molecule has 2 heterocycles. The lowest BCUT2D eigenvalue weighted by molar-refractivity contribution is 0.480.